The second-order valence-electron chi connectivity index (χ2n) is 6.64. The van der Waals surface area contributed by atoms with Crippen molar-refractivity contribution in [3.05, 3.63) is 29.8 Å². The maximum atomic E-state index is 6.05. The van der Waals surface area contributed by atoms with Gasteiger partial charge in [-0.3, -0.25) is 0 Å². The minimum Gasteiger partial charge on any atom is -0.492 e. The molecule has 1 saturated carbocycles. The van der Waals surface area contributed by atoms with Gasteiger partial charge in [-0.15, -0.1) is 0 Å². The van der Waals surface area contributed by atoms with Crippen LogP contribution in [0.3, 0.4) is 0 Å². The summed E-state index contributed by atoms with van der Waals surface area (Å²) in [7, 11) is 0. The number of nitrogens with one attached hydrogen (secondary N) is 1. The lowest BCUT2D eigenvalue weighted by Gasteiger charge is -2.25. The third kappa shape index (κ3) is 5.03. The summed E-state index contributed by atoms with van der Waals surface area (Å²) in [6.07, 6.45) is 6.68. The molecule has 0 amide bonds. The summed E-state index contributed by atoms with van der Waals surface area (Å²) in [5, 5.41) is 3.69. The molecule has 1 fully saturated rings. The van der Waals surface area contributed by atoms with Gasteiger partial charge in [0.15, 0.2) is 0 Å². The molecule has 1 atom stereocenters. The molecule has 0 heterocycles. The van der Waals surface area contributed by atoms with Crippen molar-refractivity contribution >= 4 is 0 Å². The average molecular weight is 289 g/mol. The summed E-state index contributed by atoms with van der Waals surface area (Å²) in [5.41, 5.74) is 1.37. The van der Waals surface area contributed by atoms with Gasteiger partial charge in [0, 0.05) is 6.04 Å². The number of benzene rings is 1. The average Bonchev–Trinajstić information content (AvgIpc) is 3.02. The highest BCUT2D eigenvalue weighted by atomic mass is 16.5. The molecule has 0 bridgehead atoms. The first-order valence-electron chi connectivity index (χ1n) is 8.66. The minimum atomic E-state index is 0.511. The van der Waals surface area contributed by atoms with Gasteiger partial charge >= 0.3 is 0 Å². The van der Waals surface area contributed by atoms with E-state index < -0.39 is 0 Å². The van der Waals surface area contributed by atoms with Crippen molar-refractivity contribution in [2.75, 3.05) is 13.2 Å². The van der Waals surface area contributed by atoms with Crippen molar-refractivity contribution in [3.63, 3.8) is 0 Å². The molecule has 0 saturated heterocycles. The van der Waals surface area contributed by atoms with Crippen LogP contribution in [0.2, 0.25) is 0 Å². The zero-order valence-corrected chi connectivity index (χ0v) is 13.9. The van der Waals surface area contributed by atoms with Gasteiger partial charge in [-0.2, -0.15) is 0 Å². The van der Waals surface area contributed by atoms with Crippen LogP contribution in [0.5, 0.6) is 5.75 Å². The lowest BCUT2D eigenvalue weighted by atomic mass is 9.98. The van der Waals surface area contributed by atoms with E-state index in [1.54, 1.807) is 0 Å². The van der Waals surface area contributed by atoms with Gasteiger partial charge in [-0.05, 0) is 55.3 Å². The van der Waals surface area contributed by atoms with Crippen molar-refractivity contribution in [3.8, 4) is 5.75 Å². The molecule has 21 heavy (non-hydrogen) atoms. The highest BCUT2D eigenvalue weighted by molar-refractivity contribution is 5.28. The zero-order chi connectivity index (χ0) is 15.1. The number of ether oxygens (including phenoxy) is 1. The molecule has 1 aromatic rings. The Bertz CT molecular complexity index is 393. The van der Waals surface area contributed by atoms with E-state index in [4.69, 9.17) is 4.74 Å². The first-order valence-corrected chi connectivity index (χ1v) is 8.66. The predicted molar refractivity (Wildman–Crippen MR) is 90.1 cm³/mol. The van der Waals surface area contributed by atoms with Crippen molar-refractivity contribution in [1.29, 1.82) is 0 Å². The third-order valence-corrected chi connectivity index (χ3v) is 4.60. The highest BCUT2D eigenvalue weighted by Gasteiger charge is 2.24. The molecule has 2 nitrogen and oxygen atoms in total. The number of hydrogen-bond donors (Lipinski definition) is 1. The molecule has 2 heteroatoms. The Hall–Kier alpha value is -1.02. The summed E-state index contributed by atoms with van der Waals surface area (Å²) in [6, 6.07) is 9.10. The molecule has 1 aliphatic rings. The van der Waals surface area contributed by atoms with Gasteiger partial charge in [0.05, 0.1) is 0 Å². The molecular weight excluding hydrogens is 258 g/mol. The Morgan fingerprint density at radius 1 is 1.14 bits per heavy atom. The van der Waals surface area contributed by atoms with Crippen LogP contribution in [0.15, 0.2) is 24.3 Å². The molecule has 1 N–H and O–H groups in total. The fourth-order valence-electron chi connectivity index (χ4n) is 3.19. The van der Waals surface area contributed by atoms with Crippen LogP contribution < -0.4 is 10.1 Å². The quantitative estimate of drug-likeness (QED) is 0.746. The summed E-state index contributed by atoms with van der Waals surface area (Å²) in [4.78, 5) is 0. The van der Waals surface area contributed by atoms with E-state index in [0.717, 1.165) is 24.8 Å². The Morgan fingerprint density at radius 2 is 1.81 bits per heavy atom. The first kappa shape index (κ1) is 16.4. The standard InChI is InChI=1S/C19H31NO/c1-4-13-20-19(17-7-5-6-8-17)14-21-18-11-9-16(10-12-18)15(2)3/h9-12,15,17,19-20H,4-8,13-14H2,1-3H3. The summed E-state index contributed by atoms with van der Waals surface area (Å²) in [6.45, 7) is 8.56. The Morgan fingerprint density at radius 3 is 2.38 bits per heavy atom. The lowest BCUT2D eigenvalue weighted by Crippen LogP contribution is -2.40. The maximum Gasteiger partial charge on any atom is 0.119 e. The molecule has 118 valence electrons. The zero-order valence-electron chi connectivity index (χ0n) is 13.9. The lowest BCUT2D eigenvalue weighted by molar-refractivity contribution is 0.217. The second-order valence-corrected chi connectivity index (χ2v) is 6.64. The predicted octanol–water partition coefficient (Wildman–Crippen LogP) is 4.75. The van der Waals surface area contributed by atoms with Crippen LogP contribution in [0.4, 0.5) is 0 Å². The van der Waals surface area contributed by atoms with E-state index in [9.17, 15) is 0 Å². The van der Waals surface area contributed by atoms with Gasteiger partial charge in [-0.25, -0.2) is 0 Å². The summed E-state index contributed by atoms with van der Waals surface area (Å²) < 4.78 is 6.05. The molecular formula is C19H31NO. The van der Waals surface area contributed by atoms with E-state index in [1.165, 1.54) is 37.7 Å². The molecule has 1 aliphatic carbocycles. The van der Waals surface area contributed by atoms with Gasteiger partial charge in [0.1, 0.15) is 12.4 Å². The van der Waals surface area contributed by atoms with Gasteiger partial charge in [0.25, 0.3) is 0 Å². The molecule has 2 rings (SSSR count). The summed E-state index contributed by atoms with van der Waals surface area (Å²) >= 11 is 0. The molecule has 0 aliphatic heterocycles. The highest BCUT2D eigenvalue weighted by Crippen LogP contribution is 2.28. The molecule has 1 aromatic carbocycles. The maximum absolute atomic E-state index is 6.05. The van der Waals surface area contributed by atoms with Gasteiger partial charge in [0.2, 0.25) is 0 Å². The Balaban J connectivity index is 1.87. The smallest absolute Gasteiger partial charge is 0.119 e. The van der Waals surface area contributed by atoms with Crippen LogP contribution in [0.1, 0.15) is 64.4 Å². The first-order chi connectivity index (χ1) is 10.2. The van der Waals surface area contributed by atoms with Crippen LogP contribution in [-0.2, 0) is 0 Å². The SMILES string of the molecule is CCCNC(COc1ccc(C(C)C)cc1)C1CCCC1. The number of hydrogen-bond acceptors (Lipinski definition) is 2. The van der Waals surface area contributed by atoms with Crippen molar-refractivity contribution in [2.45, 2.75) is 64.8 Å². The van der Waals surface area contributed by atoms with E-state index >= 15 is 0 Å². The normalized spacial score (nSPS) is 17.3. The Labute approximate surface area is 130 Å². The van der Waals surface area contributed by atoms with Crippen molar-refractivity contribution < 1.29 is 4.74 Å². The van der Waals surface area contributed by atoms with Crippen LogP contribution in [0, 0.1) is 5.92 Å². The second kappa shape index (κ2) is 8.43. The van der Waals surface area contributed by atoms with Gasteiger partial charge in [-0.1, -0.05) is 45.7 Å². The van der Waals surface area contributed by atoms with Crippen LogP contribution in [0.25, 0.3) is 0 Å². The fourth-order valence-corrected chi connectivity index (χ4v) is 3.19. The fraction of sp³-hybridized carbons (Fsp3) is 0.684. The molecule has 0 aromatic heterocycles. The monoisotopic (exact) mass is 289 g/mol. The van der Waals surface area contributed by atoms with E-state index in [0.29, 0.717) is 12.0 Å². The largest absolute Gasteiger partial charge is 0.492 e. The van der Waals surface area contributed by atoms with Gasteiger partial charge < -0.3 is 10.1 Å². The summed E-state index contributed by atoms with van der Waals surface area (Å²) in [5.74, 6) is 2.38. The number of rotatable bonds is 8. The topological polar surface area (TPSA) is 21.3 Å². The Kier molecular flexibility index (Phi) is 6.56. The van der Waals surface area contributed by atoms with Crippen LogP contribution >= 0.6 is 0 Å². The van der Waals surface area contributed by atoms with E-state index in [-0.39, 0.29) is 0 Å². The molecule has 0 spiro atoms. The van der Waals surface area contributed by atoms with E-state index in [2.05, 4.69) is 50.4 Å². The van der Waals surface area contributed by atoms with E-state index in [1.807, 2.05) is 0 Å². The van der Waals surface area contributed by atoms with Crippen LogP contribution in [-0.4, -0.2) is 19.2 Å². The van der Waals surface area contributed by atoms with Crippen molar-refractivity contribution in [1.82, 2.24) is 5.32 Å². The molecule has 0 radical (unpaired) electrons. The molecule has 1 unspecified atom stereocenters. The minimum absolute atomic E-state index is 0.511. The van der Waals surface area contributed by atoms with Crippen molar-refractivity contribution in [2.24, 2.45) is 5.92 Å². The third-order valence-electron chi connectivity index (χ3n) is 4.60.